The zero-order chi connectivity index (χ0) is 20.0. The van der Waals surface area contributed by atoms with E-state index in [0.717, 1.165) is 5.56 Å². The van der Waals surface area contributed by atoms with Gasteiger partial charge in [0.15, 0.2) is 17.3 Å². The molecule has 0 aliphatic carbocycles. The van der Waals surface area contributed by atoms with Gasteiger partial charge in [-0.3, -0.25) is 9.59 Å². The van der Waals surface area contributed by atoms with E-state index in [1.165, 1.54) is 0 Å². The van der Waals surface area contributed by atoms with Gasteiger partial charge in [-0.05, 0) is 30.5 Å². The maximum atomic E-state index is 12.7. The van der Waals surface area contributed by atoms with Crippen LogP contribution in [-0.2, 0) is 9.59 Å². The number of hydrogen-bond donors (Lipinski definition) is 2. The van der Waals surface area contributed by atoms with Crippen molar-refractivity contribution in [1.29, 1.82) is 0 Å². The Kier molecular flexibility index (Phi) is 6.81. The van der Waals surface area contributed by atoms with Crippen LogP contribution in [0.5, 0.6) is 11.5 Å². The minimum absolute atomic E-state index is 0.0179. The second-order valence-electron chi connectivity index (χ2n) is 6.42. The summed E-state index contributed by atoms with van der Waals surface area (Å²) < 4.78 is 15.4. The van der Waals surface area contributed by atoms with Gasteiger partial charge in [-0.25, -0.2) is 0 Å². The van der Waals surface area contributed by atoms with Gasteiger partial charge >= 0.3 is 0 Å². The molecule has 0 radical (unpaired) electrons. The molecule has 8 nitrogen and oxygen atoms in total. The zero-order valence-electron chi connectivity index (χ0n) is 16.2. The third-order valence-corrected chi connectivity index (χ3v) is 4.03. The third-order valence-electron chi connectivity index (χ3n) is 4.03. The molecule has 0 fully saturated rings. The highest BCUT2D eigenvalue weighted by Gasteiger charge is 2.25. The topological polar surface area (TPSA) is 103 Å². The van der Waals surface area contributed by atoms with Crippen LogP contribution in [-0.4, -0.2) is 37.7 Å². The fourth-order valence-electron chi connectivity index (χ4n) is 2.77. The quantitative estimate of drug-likeness (QED) is 0.735. The summed E-state index contributed by atoms with van der Waals surface area (Å²) in [6.45, 7) is 5.44. The molecule has 8 heteroatoms. The summed E-state index contributed by atoms with van der Waals surface area (Å²) in [5.41, 5.74) is 0.785. The van der Waals surface area contributed by atoms with E-state index < -0.39 is 5.92 Å². The molecule has 1 atom stereocenters. The molecule has 146 valence electrons. The highest BCUT2D eigenvalue weighted by molar-refractivity contribution is 5.95. The van der Waals surface area contributed by atoms with E-state index in [1.807, 2.05) is 19.9 Å². The van der Waals surface area contributed by atoms with E-state index in [9.17, 15) is 9.59 Å². The molecule has 1 aromatic carbocycles. The second kappa shape index (κ2) is 9.07. The molecular formula is C19H25N3O5. The number of aromatic nitrogens is 1. The van der Waals surface area contributed by atoms with E-state index in [-0.39, 0.29) is 24.3 Å². The highest BCUT2D eigenvalue weighted by Crippen LogP contribution is 2.33. The number of carbonyl (C=O) groups is 2. The van der Waals surface area contributed by atoms with E-state index in [2.05, 4.69) is 15.8 Å². The summed E-state index contributed by atoms with van der Waals surface area (Å²) in [4.78, 5) is 24.7. The number of carbonyl (C=O) groups excluding carboxylic acids is 2. The van der Waals surface area contributed by atoms with Crippen LogP contribution in [0.15, 0.2) is 28.8 Å². The van der Waals surface area contributed by atoms with Crippen LogP contribution in [0.25, 0.3) is 0 Å². The monoisotopic (exact) mass is 375 g/mol. The van der Waals surface area contributed by atoms with Gasteiger partial charge < -0.3 is 24.6 Å². The van der Waals surface area contributed by atoms with Gasteiger partial charge in [-0.1, -0.05) is 25.1 Å². The van der Waals surface area contributed by atoms with Gasteiger partial charge in [-0.15, -0.1) is 0 Å². The Morgan fingerprint density at radius 3 is 2.41 bits per heavy atom. The van der Waals surface area contributed by atoms with Crippen molar-refractivity contribution in [2.75, 3.05) is 26.1 Å². The molecule has 2 rings (SSSR count). The molecule has 1 aromatic heterocycles. The molecule has 2 N–H and O–H groups in total. The van der Waals surface area contributed by atoms with Gasteiger partial charge in [0.05, 0.1) is 26.7 Å². The van der Waals surface area contributed by atoms with Gasteiger partial charge in [0.1, 0.15) is 5.76 Å². The van der Waals surface area contributed by atoms with Crippen molar-refractivity contribution in [3.05, 3.63) is 35.6 Å². The van der Waals surface area contributed by atoms with E-state index in [0.29, 0.717) is 23.1 Å². The summed E-state index contributed by atoms with van der Waals surface area (Å²) in [7, 11) is 3.10. The fourth-order valence-corrected chi connectivity index (χ4v) is 2.77. The van der Waals surface area contributed by atoms with Crippen molar-refractivity contribution >= 4 is 17.6 Å². The fraction of sp³-hybridized carbons (Fsp3) is 0.421. The lowest BCUT2D eigenvalue weighted by molar-refractivity contribution is -0.126. The normalized spacial score (nSPS) is 11.8. The molecule has 0 saturated heterocycles. The Labute approximate surface area is 158 Å². The minimum Gasteiger partial charge on any atom is -0.493 e. The van der Waals surface area contributed by atoms with Crippen molar-refractivity contribution in [3.63, 3.8) is 0 Å². The van der Waals surface area contributed by atoms with E-state index in [4.69, 9.17) is 14.0 Å². The van der Waals surface area contributed by atoms with Crippen molar-refractivity contribution in [1.82, 2.24) is 10.5 Å². The number of anilines is 1. The number of nitrogens with zero attached hydrogens (tertiary/aromatic N) is 1. The average Bonchev–Trinajstić information content (AvgIpc) is 3.04. The maximum Gasteiger partial charge on any atom is 0.245 e. The lowest BCUT2D eigenvalue weighted by Gasteiger charge is -2.21. The van der Waals surface area contributed by atoms with Crippen molar-refractivity contribution in [2.24, 2.45) is 5.92 Å². The molecule has 0 saturated carbocycles. The Morgan fingerprint density at radius 1 is 1.15 bits per heavy atom. The number of hydrogen-bond acceptors (Lipinski definition) is 6. The van der Waals surface area contributed by atoms with Crippen LogP contribution >= 0.6 is 0 Å². The third kappa shape index (κ3) is 5.22. The van der Waals surface area contributed by atoms with Crippen LogP contribution in [0.3, 0.4) is 0 Å². The standard InChI is InChI=1S/C19H25N3O5/c1-11(2)18(13-6-7-14(25-4)15(9-13)26-5)19(24)20-10-17(23)21-16-8-12(3)27-22-16/h6-9,11,18H,10H2,1-5H3,(H,20,24)(H,21,22,23). The van der Waals surface area contributed by atoms with Crippen LogP contribution in [0.4, 0.5) is 5.82 Å². The number of amides is 2. The van der Waals surface area contributed by atoms with E-state index in [1.54, 1.807) is 39.3 Å². The molecule has 0 spiro atoms. The Balaban J connectivity index is 2.05. The van der Waals surface area contributed by atoms with Gasteiger partial charge in [0, 0.05) is 6.07 Å². The molecule has 1 unspecified atom stereocenters. The number of methoxy groups -OCH3 is 2. The second-order valence-corrected chi connectivity index (χ2v) is 6.42. The van der Waals surface area contributed by atoms with Gasteiger partial charge in [0.2, 0.25) is 11.8 Å². The lowest BCUT2D eigenvalue weighted by Crippen LogP contribution is -2.37. The van der Waals surface area contributed by atoms with Crippen molar-refractivity contribution < 1.29 is 23.6 Å². The minimum atomic E-state index is -0.438. The zero-order valence-corrected chi connectivity index (χ0v) is 16.2. The summed E-state index contributed by atoms with van der Waals surface area (Å²) >= 11 is 0. The first-order valence-corrected chi connectivity index (χ1v) is 8.58. The van der Waals surface area contributed by atoms with E-state index >= 15 is 0 Å². The van der Waals surface area contributed by atoms with Crippen molar-refractivity contribution in [3.8, 4) is 11.5 Å². The first-order chi connectivity index (χ1) is 12.8. The molecule has 1 heterocycles. The molecule has 2 aromatic rings. The lowest BCUT2D eigenvalue weighted by atomic mass is 9.87. The summed E-state index contributed by atoms with van der Waals surface area (Å²) in [6.07, 6.45) is 0. The molecular weight excluding hydrogens is 350 g/mol. The Hall–Kier alpha value is -3.03. The molecule has 0 aliphatic rings. The first kappa shape index (κ1) is 20.3. The molecule has 2 amide bonds. The average molecular weight is 375 g/mol. The van der Waals surface area contributed by atoms with Crippen LogP contribution in [0, 0.1) is 12.8 Å². The number of aryl methyl sites for hydroxylation is 1. The van der Waals surface area contributed by atoms with Crippen LogP contribution in [0.2, 0.25) is 0 Å². The van der Waals surface area contributed by atoms with Crippen molar-refractivity contribution in [2.45, 2.75) is 26.7 Å². The summed E-state index contributed by atoms with van der Waals surface area (Å²) in [6, 6.07) is 6.96. The number of nitrogens with one attached hydrogen (secondary N) is 2. The molecule has 27 heavy (non-hydrogen) atoms. The highest BCUT2D eigenvalue weighted by atomic mass is 16.5. The van der Waals surface area contributed by atoms with Gasteiger partial charge in [0.25, 0.3) is 0 Å². The van der Waals surface area contributed by atoms with Crippen LogP contribution in [0.1, 0.15) is 31.1 Å². The summed E-state index contributed by atoms with van der Waals surface area (Å²) in [5, 5.41) is 8.92. The predicted octanol–water partition coefficient (Wildman–Crippen LogP) is 2.49. The Morgan fingerprint density at radius 2 is 1.85 bits per heavy atom. The summed E-state index contributed by atoms with van der Waals surface area (Å²) in [5.74, 6) is 0.986. The molecule has 0 aliphatic heterocycles. The number of benzene rings is 1. The number of ether oxygens (including phenoxy) is 2. The van der Waals surface area contributed by atoms with Crippen LogP contribution < -0.4 is 20.1 Å². The number of rotatable bonds is 8. The maximum absolute atomic E-state index is 12.7. The Bertz CT molecular complexity index is 800. The SMILES string of the molecule is COc1ccc(C(C(=O)NCC(=O)Nc2cc(C)on2)C(C)C)cc1OC. The largest absolute Gasteiger partial charge is 0.493 e. The predicted molar refractivity (Wildman–Crippen MR) is 100 cm³/mol. The smallest absolute Gasteiger partial charge is 0.245 e. The van der Waals surface area contributed by atoms with Gasteiger partial charge in [-0.2, -0.15) is 0 Å². The first-order valence-electron chi connectivity index (χ1n) is 8.58. The molecule has 0 bridgehead atoms.